The summed E-state index contributed by atoms with van der Waals surface area (Å²) in [6.07, 6.45) is 0. The summed E-state index contributed by atoms with van der Waals surface area (Å²) < 4.78 is 4.92. The van der Waals surface area contributed by atoms with E-state index < -0.39 is 0 Å². The second kappa shape index (κ2) is 1.92. The number of nitrogen functional groups attached to an aromatic ring is 1. The zero-order chi connectivity index (χ0) is 7.84. The van der Waals surface area contributed by atoms with E-state index in [9.17, 15) is 0 Å². The molecule has 56 valence electrons. The zero-order valence-electron chi connectivity index (χ0n) is 5.74. The van der Waals surface area contributed by atoms with E-state index in [1.54, 1.807) is 24.3 Å². The topological polar surface area (TPSA) is 59.4 Å². The molecule has 1 aromatic carbocycles. The van der Waals surface area contributed by atoms with E-state index in [1.165, 1.54) is 0 Å². The van der Waals surface area contributed by atoms with Crippen LogP contribution in [0.2, 0.25) is 0 Å². The maximum atomic E-state index is 8.94. The van der Waals surface area contributed by atoms with E-state index in [0.29, 0.717) is 11.3 Å². The van der Waals surface area contributed by atoms with Gasteiger partial charge in [-0.05, 0) is 12.1 Å². The Balaban J connectivity index is 2.82. The fourth-order valence-electron chi connectivity index (χ4n) is 1.03. The highest BCUT2D eigenvalue weighted by Gasteiger charge is 2.00. The summed E-state index contributed by atoms with van der Waals surface area (Å²) in [6, 6.07) is 6.79. The number of rotatable bonds is 0. The maximum Gasteiger partial charge on any atom is 0.282 e. The molecule has 0 bridgehead atoms. The lowest BCUT2D eigenvalue weighted by atomic mass is 10.2. The minimum Gasteiger partial charge on any atom is -0.481 e. The minimum absolute atomic E-state index is 0.0781. The molecule has 11 heavy (non-hydrogen) atoms. The number of aromatic hydroxyl groups is 1. The Morgan fingerprint density at radius 3 is 2.91 bits per heavy atom. The van der Waals surface area contributed by atoms with Gasteiger partial charge in [-0.15, -0.1) is 0 Å². The number of nitrogens with two attached hydrogens (primary N) is 1. The van der Waals surface area contributed by atoms with E-state index in [2.05, 4.69) is 0 Å². The van der Waals surface area contributed by atoms with Gasteiger partial charge in [-0.25, -0.2) is 0 Å². The molecule has 0 aliphatic heterocycles. The Morgan fingerprint density at radius 2 is 2.09 bits per heavy atom. The first-order chi connectivity index (χ1) is 5.25. The van der Waals surface area contributed by atoms with Crippen molar-refractivity contribution in [3.05, 3.63) is 24.3 Å². The number of furan rings is 1. The van der Waals surface area contributed by atoms with Gasteiger partial charge in [-0.1, -0.05) is 0 Å². The van der Waals surface area contributed by atoms with Crippen molar-refractivity contribution in [3.8, 4) is 5.95 Å². The van der Waals surface area contributed by atoms with Gasteiger partial charge in [0.15, 0.2) is 0 Å². The lowest BCUT2D eigenvalue weighted by Gasteiger charge is -1.89. The van der Waals surface area contributed by atoms with E-state index in [4.69, 9.17) is 15.3 Å². The van der Waals surface area contributed by atoms with Crippen molar-refractivity contribution in [2.75, 3.05) is 5.73 Å². The third-order valence-corrected chi connectivity index (χ3v) is 1.53. The Labute approximate surface area is 63.0 Å². The molecule has 0 amide bonds. The van der Waals surface area contributed by atoms with Gasteiger partial charge < -0.3 is 15.3 Å². The van der Waals surface area contributed by atoms with Crippen LogP contribution in [-0.2, 0) is 0 Å². The Kier molecular flexibility index (Phi) is 1.06. The molecule has 0 unspecified atom stereocenters. The summed E-state index contributed by atoms with van der Waals surface area (Å²) >= 11 is 0. The van der Waals surface area contributed by atoms with Gasteiger partial charge in [-0.2, -0.15) is 0 Å². The van der Waals surface area contributed by atoms with E-state index in [-0.39, 0.29) is 5.95 Å². The Hall–Kier alpha value is -1.64. The Morgan fingerprint density at radius 1 is 1.27 bits per heavy atom. The monoisotopic (exact) mass is 149 g/mol. The number of anilines is 1. The first kappa shape index (κ1) is 6.09. The third kappa shape index (κ3) is 0.902. The third-order valence-electron chi connectivity index (χ3n) is 1.53. The summed E-state index contributed by atoms with van der Waals surface area (Å²) in [5.74, 6) is -0.0781. The van der Waals surface area contributed by atoms with Crippen LogP contribution >= 0.6 is 0 Å². The Bertz CT molecular complexity index is 392. The molecular formula is C8H7NO2. The van der Waals surface area contributed by atoms with Crippen molar-refractivity contribution in [1.82, 2.24) is 0 Å². The zero-order valence-corrected chi connectivity index (χ0v) is 5.74. The summed E-state index contributed by atoms with van der Waals surface area (Å²) in [6.45, 7) is 0. The number of hydrogen-bond acceptors (Lipinski definition) is 3. The van der Waals surface area contributed by atoms with Gasteiger partial charge in [0.2, 0.25) is 0 Å². The summed E-state index contributed by atoms with van der Waals surface area (Å²) in [7, 11) is 0. The van der Waals surface area contributed by atoms with Crippen LogP contribution in [0.15, 0.2) is 28.7 Å². The van der Waals surface area contributed by atoms with Gasteiger partial charge in [0, 0.05) is 23.2 Å². The molecule has 0 spiro atoms. The average molecular weight is 149 g/mol. The highest BCUT2D eigenvalue weighted by Crippen LogP contribution is 2.24. The van der Waals surface area contributed by atoms with Crippen LogP contribution in [0.25, 0.3) is 11.0 Å². The van der Waals surface area contributed by atoms with Crippen LogP contribution in [0.5, 0.6) is 5.95 Å². The van der Waals surface area contributed by atoms with Crippen LogP contribution in [0.4, 0.5) is 5.69 Å². The van der Waals surface area contributed by atoms with Crippen molar-refractivity contribution in [2.24, 2.45) is 0 Å². The van der Waals surface area contributed by atoms with Gasteiger partial charge in [0.25, 0.3) is 5.95 Å². The van der Waals surface area contributed by atoms with Crippen LogP contribution < -0.4 is 5.73 Å². The quantitative estimate of drug-likeness (QED) is 0.560. The van der Waals surface area contributed by atoms with Gasteiger partial charge in [-0.3, -0.25) is 0 Å². The van der Waals surface area contributed by atoms with Crippen molar-refractivity contribution < 1.29 is 9.52 Å². The molecule has 0 radical (unpaired) electrons. The highest BCUT2D eigenvalue weighted by atomic mass is 16.5. The van der Waals surface area contributed by atoms with E-state index >= 15 is 0 Å². The molecule has 0 aliphatic rings. The maximum absolute atomic E-state index is 8.94. The number of benzene rings is 1. The van der Waals surface area contributed by atoms with Gasteiger partial charge >= 0.3 is 0 Å². The normalized spacial score (nSPS) is 10.5. The number of hydrogen-bond donors (Lipinski definition) is 2. The van der Waals surface area contributed by atoms with Crippen molar-refractivity contribution >= 4 is 16.7 Å². The van der Waals surface area contributed by atoms with Crippen LogP contribution in [0.3, 0.4) is 0 Å². The fraction of sp³-hybridized carbons (Fsp3) is 0. The molecular weight excluding hydrogens is 142 g/mol. The predicted octanol–water partition coefficient (Wildman–Crippen LogP) is 1.72. The molecule has 3 N–H and O–H groups in total. The van der Waals surface area contributed by atoms with Crippen LogP contribution in [0, 0.1) is 0 Å². The van der Waals surface area contributed by atoms with Gasteiger partial charge in [0.05, 0.1) is 0 Å². The van der Waals surface area contributed by atoms with Crippen molar-refractivity contribution in [2.45, 2.75) is 0 Å². The first-order valence-corrected chi connectivity index (χ1v) is 3.24. The summed E-state index contributed by atoms with van der Waals surface area (Å²) in [4.78, 5) is 0. The standard InChI is InChI=1S/C8H7NO2/c9-6-2-1-5-3-8(10)11-7(5)4-6/h1-4,10H,9H2. The molecule has 0 atom stereocenters. The second-order valence-electron chi connectivity index (χ2n) is 2.38. The highest BCUT2D eigenvalue weighted by molar-refractivity contribution is 5.81. The molecule has 3 heteroatoms. The molecule has 2 aromatic rings. The van der Waals surface area contributed by atoms with Crippen molar-refractivity contribution in [1.29, 1.82) is 0 Å². The van der Waals surface area contributed by atoms with Crippen LogP contribution in [-0.4, -0.2) is 5.11 Å². The lowest BCUT2D eigenvalue weighted by molar-refractivity contribution is 0.346. The lowest BCUT2D eigenvalue weighted by Crippen LogP contribution is -1.80. The second-order valence-corrected chi connectivity index (χ2v) is 2.38. The predicted molar refractivity (Wildman–Crippen MR) is 42.3 cm³/mol. The SMILES string of the molecule is Nc1ccc2cc(O)oc2c1. The van der Waals surface area contributed by atoms with Crippen LogP contribution in [0.1, 0.15) is 0 Å². The molecule has 0 aliphatic carbocycles. The smallest absolute Gasteiger partial charge is 0.282 e. The molecule has 3 nitrogen and oxygen atoms in total. The minimum atomic E-state index is -0.0781. The molecule has 0 saturated carbocycles. The molecule has 0 saturated heterocycles. The molecule has 1 heterocycles. The molecule has 1 aromatic heterocycles. The van der Waals surface area contributed by atoms with E-state index in [0.717, 1.165) is 5.39 Å². The first-order valence-electron chi connectivity index (χ1n) is 3.24. The molecule has 0 fully saturated rings. The van der Waals surface area contributed by atoms with E-state index in [1.807, 2.05) is 0 Å². The summed E-state index contributed by atoms with van der Waals surface area (Å²) in [5.41, 5.74) is 6.74. The average Bonchev–Trinajstić information content (AvgIpc) is 2.27. The largest absolute Gasteiger partial charge is 0.481 e. The van der Waals surface area contributed by atoms with Crippen molar-refractivity contribution in [3.63, 3.8) is 0 Å². The number of fused-ring (bicyclic) bond motifs is 1. The van der Waals surface area contributed by atoms with Gasteiger partial charge in [0.1, 0.15) is 5.58 Å². The summed E-state index contributed by atoms with van der Waals surface area (Å²) in [5, 5.41) is 9.80. The fourth-order valence-corrected chi connectivity index (χ4v) is 1.03. The molecule has 2 rings (SSSR count).